The van der Waals surface area contributed by atoms with Crippen LogP contribution in [0.4, 0.5) is 0 Å². The van der Waals surface area contributed by atoms with Crippen LogP contribution in [0.25, 0.3) is 10.9 Å². The van der Waals surface area contributed by atoms with Crippen molar-refractivity contribution in [1.82, 2.24) is 4.57 Å². The van der Waals surface area contributed by atoms with E-state index in [2.05, 4.69) is 62.8 Å². The molecule has 1 aromatic carbocycles. The number of aromatic nitrogens is 1. The summed E-state index contributed by atoms with van der Waals surface area (Å²) in [6.07, 6.45) is 4.14. The Bertz CT molecular complexity index is 710. The predicted octanol–water partition coefficient (Wildman–Crippen LogP) is 5.18. The topological polar surface area (TPSA) is 31.2 Å². The number of ketones is 1. The quantitative estimate of drug-likeness (QED) is 0.511. The van der Waals surface area contributed by atoms with Crippen LogP contribution in [-0.2, 0) is 22.2 Å². The molecule has 4 heteroatoms. The lowest BCUT2D eigenvalue weighted by Gasteiger charge is -2.36. The molecule has 0 amide bonds. The zero-order chi connectivity index (χ0) is 18.0. The molecule has 132 valence electrons. The van der Waals surface area contributed by atoms with Gasteiger partial charge in [0, 0.05) is 23.7 Å². The third-order valence-electron chi connectivity index (χ3n) is 5.12. The van der Waals surface area contributed by atoms with E-state index in [-0.39, 0.29) is 10.8 Å². The van der Waals surface area contributed by atoms with Gasteiger partial charge in [-0.1, -0.05) is 39.0 Å². The van der Waals surface area contributed by atoms with Gasteiger partial charge in [-0.15, -0.1) is 0 Å². The van der Waals surface area contributed by atoms with Crippen molar-refractivity contribution >= 4 is 25.0 Å². The van der Waals surface area contributed by atoms with Gasteiger partial charge in [-0.2, -0.15) is 0 Å². The Kier molecular flexibility index (Phi) is 5.71. The van der Waals surface area contributed by atoms with Gasteiger partial charge in [-0.05, 0) is 49.5 Å². The number of fused-ring (bicyclic) bond motifs is 1. The smallest absolute Gasteiger partial charge is 0.191 e. The van der Waals surface area contributed by atoms with E-state index in [4.69, 9.17) is 4.43 Å². The number of hydrogen-bond donors (Lipinski definition) is 0. The number of Topliss-reactive ketones (excluding diaryl/α,β-unsaturated/α-hetero) is 1. The molecule has 0 aliphatic heterocycles. The predicted molar refractivity (Wildman–Crippen MR) is 104 cm³/mol. The van der Waals surface area contributed by atoms with Gasteiger partial charge >= 0.3 is 0 Å². The summed E-state index contributed by atoms with van der Waals surface area (Å²) in [4.78, 5) is 11.5. The van der Waals surface area contributed by atoms with Gasteiger partial charge in [0.2, 0.25) is 0 Å². The fourth-order valence-electron chi connectivity index (χ4n) is 2.70. The maximum absolute atomic E-state index is 11.5. The summed E-state index contributed by atoms with van der Waals surface area (Å²) in [5.41, 5.74) is 2.46. The maximum atomic E-state index is 11.5. The van der Waals surface area contributed by atoms with Crippen LogP contribution in [0.15, 0.2) is 30.5 Å². The summed E-state index contributed by atoms with van der Waals surface area (Å²) >= 11 is 0. The zero-order valence-corrected chi connectivity index (χ0v) is 17.0. The van der Waals surface area contributed by atoms with E-state index in [9.17, 15) is 4.79 Å². The average molecular weight is 346 g/mol. The highest BCUT2D eigenvalue weighted by molar-refractivity contribution is 6.74. The van der Waals surface area contributed by atoms with E-state index in [1.165, 1.54) is 10.9 Å². The van der Waals surface area contributed by atoms with E-state index in [1.807, 2.05) is 6.07 Å². The molecular weight excluding hydrogens is 314 g/mol. The number of rotatable bonds is 7. The second-order valence-electron chi connectivity index (χ2n) is 8.21. The summed E-state index contributed by atoms with van der Waals surface area (Å²) in [5.74, 6) is 0.184. The molecule has 0 fully saturated rings. The SMILES string of the molecule is CC(=O)Cn1cc(CCCO[Si](C)(C)C(C)(C)C)c2ccccc21. The second-order valence-corrected chi connectivity index (χ2v) is 13.0. The van der Waals surface area contributed by atoms with Gasteiger partial charge in [0.15, 0.2) is 8.32 Å². The van der Waals surface area contributed by atoms with Crippen LogP contribution >= 0.6 is 0 Å². The molecule has 0 radical (unpaired) electrons. The molecule has 0 atom stereocenters. The highest BCUT2D eigenvalue weighted by Crippen LogP contribution is 2.36. The van der Waals surface area contributed by atoms with Gasteiger partial charge in [0.25, 0.3) is 0 Å². The molecule has 0 spiro atoms. The Balaban J connectivity index is 2.04. The van der Waals surface area contributed by atoms with E-state index in [0.717, 1.165) is 25.0 Å². The molecule has 2 rings (SSSR count). The normalized spacial score (nSPS) is 12.8. The zero-order valence-electron chi connectivity index (χ0n) is 16.0. The van der Waals surface area contributed by atoms with Crippen molar-refractivity contribution in [2.45, 2.75) is 65.2 Å². The third-order valence-corrected chi connectivity index (χ3v) is 9.66. The van der Waals surface area contributed by atoms with Crippen molar-refractivity contribution in [3.63, 3.8) is 0 Å². The van der Waals surface area contributed by atoms with Gasteiger partial charge in [0.1, 0.15) is 5.78 Å². The number of carbonyl (C=O) groups is 1. The lowest BCUT2D eigenvalue weighted by molar-refractivity contribution is -0.117. The molecule has 0 unspecified atom stereocenters. The fraction of sp³-hybridized carbons (Fsp3) is 0.550. The fourth-order valence-corrected chi connectivity index (χ4v) is 3.79. The monoisotopic (exact) mass is 345 g/mol. The highest BCUT2D eigenvalue weighted by atomic mass is 28.4. The summed E-state index contributed by atoms with van der Waals surface area (Å²) in [6.45, 7) is 14.3. The largest absolute Gasteiger partial charge is 0.417 e. The molecule has 1 aromatic heterocycles. The molecule has 0 aliphatic carbocycles. The molecule has 1 heterocycles. The number of carbonyl (C=O) groups excluding carboxylic acids is 1. The first kappa shape index (κ1) is 18.9. The van der Waals surface area contributed by atoms with Gasteiger partial charge in [0.05, 0.1) is 6.54 Å². The minimum Gasteiger partial charge on any atom is -0.417 e. The van der Waals surface area contributed by atoms with E-state index >= 15 is 0 Å². The molecule has 0 N–H and O–H groups in total. The van der Waals surface area contributed by atoms with Crippen molar-refractivity contribution in [3.8, 4) is 0 Å². The molecule has 3 nitrogen and oxygen atoms in total. The van der Waals surface area contributed by atoms with Crippen LogP contribution in [0.1, 0.15) is 39.7 Å². The Hall–Kier alpha value is -1.39. The van der Waals surface area contributed by atoms with Crippen molar-refractivity contribution in [1.29, 1.82) is 0 Å². The van der Waals surface area contributed by atoms with E-state index in [1.54, 1.807) is 6.92 Å². The van der Waals surface area contributed by atoms with Crippen LogP contribution in [-0.4, -0.2) is 25.3 Å². The third kappa shape index (κ3) is 4.36. The molecule has 0 saturated heterocycles. The molecule has 0 aliphatic rings. The minimum absolute atomic E-state index is 0.184. The van der Waals surface area contributed by atoms with Gasteiger partial charge in [-0.3, -0.25) is 4.79 Å². The number of aryl methyl sites for hydroxylation is 1. The minimum atomic E-state index is -1.66. The lowest BCUT2D eigenvalue weighted by Crippen LogP contribution is -2.41. The highest BCUT2D eigenvalue weighted by Gasteiger charge is 2.36. The van der Waals surface area contributed by atoms with E-state index in [0.29, 0.717) is 6.54 Å². The van der Waals surface area contributed by atoms with Crippen molar-refractivity contribution in [2.75, 3.05) is 6.61 Å². The van der Waals surface area contributed by atoms with Crippen LogP contribution in [0.5, 0.6) is 0 Å². The van der Waals surface area contributed by atoms with Gasteiger partial charge in [-0.25, -0.2) is 0 Å². The molecule has 2 aromatic rings. The van der Waals surface area contributed by atoms with Crippen molar-refractivity contribution < 1.29 is 9.22 Å². The number of hydrogen-bond acceptors (Lipinski definition) is 2. The summed E-state index contributed by atoms with van der Waals surface area (Å²) < 4.78 is 8.35. The van der Waals surface area contributed by atoms with Crippen molar-refractivity contribution in [2.24, 2.45) is 0 Å². The standard InChI is InChI=1S/C20H31NO2Si/c1-16(22)14-21-15-17(18-11-7-8-12-19(18)21)10-9-13-23-24(5,6)20(2,3)4/h7-8,11-12,15H,9-10,13-14H2,1-6H3. The van der Waals surface area contributed by atoms with Gasteiger partial charge < -0.3 is 8.99 Å². The molecular formula is C20H31NO2Si. The van der Waals surface area contributed by atoms with Crippen LogP contribution in [0.2, 0.25) is 18.1 Å². The van der Waals surface area contributed by atoms with E-state index < -0.39 is 8.32 Å². The van der Waals surface area contributed by atoms with Crippen molar-refractivity contribution in [3.05, 3.63) is 36.0 Å². The first-order valence-corrected chi connectivity index (χ1v) is 11.7. The Morgan fingerprint density at radius 3 is 2.50 bits per heavy atom. The average Bonchev–Trinajstić information content (AvgIpc) is 2.80. The molecule has 0 saturated carbocycles. The molecule has 0 bridgehead atoms. The first-order valence-electron chi connectivity index (χ1n) is 8.82. The summed E-state index contributed by atoms with van der Waals surface area (Å²) in [7, 11) is -1.66. The number of para-hydroxylation sites is 1. The molecule has 24 heavy (non-hydrogen) atoms. The number of nitrogens with zero attached hydrogens (tertiary/aromatic N) is 1. The maximum Gasteiger partial charge on any atom is 0.191 e. The summed E-state index contributed by atoms with van der Waals surface area (Å²) in [6, 6.07) is 8.34. The Morgan fingerprint density at radius 2 is 1.88 bits per heavy atom. The lowest BCUT2D eigenvalue weighted by atomic mass is 10.1. The van der Waals surface area contributed by atoms with Crippen LogP contribution in [0, 0.1) is 0 Å². The second kappa shape index (κ2) is 7.24. The van der Waals surface area contributed by atoms with Crippen LogP contribution in [0.3, 0.4) is 0 Å². The number of benzene rings is 1. The Morgan fingerprint density at radius 1 is 1.21 bits per heavy atom. The first-order chi connectivity index (χ1) is 11.1. The summed E-state index contributed by atoms with van der Waals surface area (Å²) in [5, 5.41) is 1.51. The van der Waals surface area contributed by atoms with Crippen LogP contribution < -0.4 is 0 Å². The Labute approximate surface area is 147 Å².